The largest absolute Gasteiger partial charge is 0.465 e. The van der Waals surface area contributed by atoms with Crippen LogP contribution in [-0.4, -0.2) is 76.5 Å². The van der Waals surface area contributed by atoms with E-state index in [-0.39, 0.29) is 36.4 Å². The maximum absolute atomic E-state index is 14.0. The molecule has 0 spiro atoms. The maximum Gasteiger partial charge on any atom is 0.407 e. The predicted molar refractivity (Wildman–Crippen MR) is 142 cm³/mol. The highest BCUT2D eigenvalue weighted by Crippen LogP contribution is 2.32. The summed E-state index contributed by atoms with van der Waals surface area (Å²) in [7, 11) is 1.33. The van der Waals surface area contributed by atoms with Crippen molar-refractivity contribution in [2.75, 3.05) is 13.6 Å². The fraction of sp³-hybridized carbons (Fsp3) is 0.643. The second-order valence-corrected chi connectivity index (χ2v) is 11.1. The quantitative estimate of drug-likeness (QED) is 0.428. The first-order valence-corrected chi connectivity index (χ1v) is 13.9. The Labute approximate surface area is 224 Å². The summed E-state index contributed by atoms with van der Waals surface area (Å²) in [5, 5.41) is 15.3. The van der Waals surface area contributed by atoms with E-state index in [1.54, 1.807) is 4.90 Å². The van der Waals surface area contributed by atoms with Gasteiger partial charge in [-0.05, 0) is 62.5 Å². The molecule has 1 heterocycles. The summed E-state index contributed by atoms with van der Waals surface area (Å²) in [5.74, 6) is -1.14. The van der Waals surface area contributed by atoms with Crippen molar-refractivity contribution in [1.82, 2.24) is 20.4 Å². The maximum atomic E-state index is 14.0. The lowest BCUT2D eigenvalue weighted by molar-refractivity contribution is -0.143. The van der Waals surface area contributed by atoms with Crippen molar-refractivity contribution in [1.29, 1.82) is 0 Å². The molecule has 2 aliphatic carbocycles. The lowest BCUT2D eigenvalue weighted by atomic mass is 9.83. The van der Waals surface area contributed by atoms with Crippen LogP contribution in [-0.2, 0) is 20.8 Å². The van der Waals surface area contributed by atoms with E-state index >= 15 is 0 Å². The van der Waals surface area contributed by atoms with Crippen molar-refractivity contribution in [3.05, 3.63) is 35.4 Å². The number of rotatable bonds is 7. The molecule has 5 atom stereocenters. The van der Waals surface area contributed by atoms with Gasteiger partial charge >= 0.3 is 6.09 Å². The second kappa shape index (κ2) is 12.1. The molecule has 38 heavy (non-hydrogen) atoms. The summed E-state index contributed by atoms with van der Waals surface area (Å²) >= 11 is 0. The van der Waals surface area contributed by atoms with Gasteiger partial charge in [-0.2, -0.15) is 0 Å². The van der Waals surface area contributed by atoms with Crippen LogP contribution in [0.15, 0.2) is 24.3 Å². The van der Waals surface area contributed by atoms with Crippen LogP contribution in [0.2, 0.25) is 0 Å². The van der Waals surface area contributed by atoms with Gasteiger partial charge in [0.15, 0.2) is 0 Å². The molecule has 5 N–H and O–H groups in total. The van der Waals surface area contributed by atoms with E-state index in [9.17, 15) is 24.3 Å². The average molecular weight is 528 g/mol. The molecule has 10 nitrogen and oxygen atoms in total. The molecular weight excluding hydrogens is 486 g/mol. The molecular formula is C28H41N5O5. The Hall–Kier alpha value is -3.14. The zero-order valence-corrected chi connectivity index (χ0v) is 22.4. The van der Waals surface area contributed by atoms with Gasteiger partial charge in [0.2, 0.25) is 17.7 Å². The van der Waals surface area contributed by atoms with E-state index in [1.807, 2.05) is 18.2 Å². The zero-order chi connectivity index (χ0) is 27.4. The molecule has 4 amide bonds. The fourth-order valence-electron chi connectivity index (χ4n) is 6.18. The van der Waals surface area contributed by atoms with Crippen LogP contribution in [0.5, 0.6) is 0 Å². The molecule has 1 aromatic carbocycles. The number of nitrogens with two attached hydrogens (primary N) is 1. The summed E-state index contributed by atoms with van der Waals surface area (Å²) in [4.78, 5) is 54.4. The lowest BCUT2D eigenvalue weighted by Crippen LogP contribution is -2.58. The summed E-state index contributed by atoms with van der Waals surface area (Å²) in [6.07, 6.45) is 6.50. The Morgan fingerprint density at radius 3 is 2.50 bits per heavy atom. The van der Waals surface area contributed by atoms with Gasteiger partial charge in [0, 0.05) is 19.6 Å². The van der Waals surface area contributed by atoms with E-state index in [0.717, 1.165) is 61.8 Å². The van der Waals surface area contributed by atoms with E-state index in [4.69, 9.17) is 5.73 Å². The predicted octanol–water partition coefficient (Wildman–Crippen LogP) is 2.17. The van der Waals surface area contributed by atoms with Gasteiger partial charge in [-0.15, -0.1) is 0 Å². The molecule has 2 fully saturated rings. The van der Waals surface area contributed by atoms with Gasteiger partial charge in [0.1, 0.15) is 18.1 Å². The number of benzene rings is 1. The molecule has 1 saturated heterocycles. The monoisotopic (exact) mass is 527 g/mol. The van der Waals surface area contributed by atoms with E-state index in [0.29, 0.717) is 6.42 Å². The van der Waals surface area contributed by atoms with Gasteiger partial charge in [0.25, 0.3) is 0 Å². The number of likely N-dealkylation sites (tertiary alicyclic amines) is 1. The molecule has 208 valence electrons. The van der Waals surface area contributed by atoms with Gasteiger partial charge in [0.05, 0.1) is 6.04 Å². The third-order valence-corrected chi connectivity index (χ3v) is 8.55. The fourth-order valence-corrected chi connectivity index (χ4v) is 6.18. The number of fused-ring (bicyclic) bond motifs is 1. The zero-order valence-electron chi connectivity index (χ0n) is 22.4. The van der Waals surface area contributed by atoms with Crippen molar-refractivity contribution < 1.29 is 24.3 Å². The Morgan fingerprint density at radius 2 is 1.79 bits per heavy atom. The molecule has 1 unspecified atom stereocenters. The molecule has 10 heteroatoms. The Morgan fingerprint density at radius 1 is 1.08 bits per heavy atom. The number of likely N-dealkylation sites (N-methyl/N-ethyl adjacent to an activating group) is 1. The van der Waals surface area contributed by atoms with Crippen LogP contribution in [0.4, 0.5) is 4.79 Å². The molecule has 4 rings (SSSR count). The summed E-state index contributed by atoms with van der Waals surface area (Å²) in [5.41, 5.74) is 8.63. The van der Waals surface area contributed by atoms with Crippen molar-refractivity contribution in [2.45, 2.75) is 94.9 Å². The van der Waals surface area contributed by atoms with E-state index in [1.165, 1.54) is 19.5 Å². The number of aryl methyl sites for hydroxylation is 1. The van der Waals surface area contributed by atoms with Crippen molar-refractivity contribution >= 4 is 23.8 Å². The highest BCUT2D eigenvalue weighted by molar-refractivity contribution is 5.94. The van der Waals surface area contributed by atoms with E-state index < -0.39 is 30.1 Å². The Balaban J connectivity index is 1.52. The first kappa shape index (κ1) is 27.9. The topological polar surface area (TPSA) is 145 Å². The minimum Gasteiger partial charge on any atom is -0.465 e. The number of carbonyl (C=O) groups excluding carboxylic acids is 3. The summed E-state index contributed by atoms with van der Waals surface area (Å²) < 4.78 is 0. The normalized spacial score (nSPS) is 25.1. The minimum atomic E-state index is -1.22. The molecule has 1 aliphatic heterocycles. The van der Waals surface area contributed by atoms with Crippen molar-refractivity contribution in [2.24, 2.45) is 11.7 Å². The number of hydrogen-bond acceptors (Lipinski definition) is 5. The van der Waals surface area contributed by atoms with E-state index in [2.05, 4.69) is 16.7 Å². The summed E-state index contributed by atoms with van der Waals surface area (Å²) in [6, 6.07) is 5.17. The highest BCUT2D eigenvalue weighted by Gasteiger charge is 2.44. The van der Waals surface area contributed by atoms with Crippen LogP contribution in [0.25, 0.3) is 0 Å². The van der Waals surface area contributed by atoms with Crippen molar-refractivity contribution in [3.8, 4) is 0 Å². The van der Waals surface area contributed by atoms with Crippen LogP contribution in [0, 0.1) is 5.92 Å². The number of amides is 4. The second-order valence-electron chi connectivity index (χ2n) is 11.1. The van der Waals surface area contributed by atoms with Crippen molar-refractivity contribution in [3.63, 3.8) is 0 Å². The van der Waals surface area contributed by atoms with Crippen LogP contribution >= 0.6 is 0 Å². The molecule has 0 radical (unpaired) electrons. The van der Waals surface area contributed by atoms with Gasteiger partial charge in [-0.3, -0.25) is 19.3 Å². The minimum absolute atomic E-state index is 0.0757. The molecule has 0 aromatic heterocycles. The average Bonchev–Trinajstić information content (AvgIpc) is 3.32. The number of carbonyl (C=O) groups is 4. The Bertz CT molecular complexity index is 1040. The first-order valence-electron chi connectivity index (χ1n) is 13.9. The van der Waals surface area contributed by atoms with Crippen LogP contribution in [0.1, 0.15) is 75.5 Å². The summed E-state index contributed by atoms with van der Waals surface area (Å²) in [6.45, 7) is 1.73. The SMILES string of the molecule is CC(C(=O)N[C@H](C(=O)N1C[C@@H](N)C[C@H]1C(=O)N[C@@H]1CCCc2ccccc21)C1CCCCC1)N(C)C(=O)O. The van der Waals surface area contributed by atoms with Crippen LogP contribution in [0.3, 0.4) is 0 Å². The van der Waals surface area contributed by atoms with Gasteiger partial charge < -0.3 is 26.4 Å². The third kappa shape index (κ3) is 6.11. The number of hydrogen-bond donors (Lipinski definition) is 4. The van der Waals surface area contributed by atoms with Gasteiger partial charge in [-0.25, -0.2) is 4.79 Å². The highest BCUT2D eigenvalue weighted by atomic mass is 16.4. The smallest absolute Gasteiger partial charge is 0.407 e. The first-order chi connectivity index (χ1) is 18.2. The molecule has 0 bridgehead atoms. The third-order valence-electron chi connectivity index (χ3n) is 8.55. The Kier molecular flexibility index (Phi) is 8.91. The number of carboxylic acid groups (broad SMARTS) is 1. The number of nitrogens with zero attached hydrogens (tertiary/aromatic N) is 2. The van der Waals surface area contributed by atoms with Crippen LogP contribution < -0.4 is 16.4 Å². The lowest BCUT2D eigenvalue weighted by Gasteiger charge is -2.36. The molecule has 3 aliphatic rings. The van der Waals surface area contributed by atoms with Gasteiger partial charge in [-0.1, -0.05) is 43.5 Å². The molecule has 1 aromatic rings. The number of nitrogens with one attached hydrogen (secondary N) is 2. The molecule has 1 saturated carbocycles. The standard InChI is InChI=1S/C28H41N5O5/c1-17(32(2)28(37)38)25(34)31-24(19-10-4-3-5-11-19)27(36)33-16-20(29)15-23(33)26(35)30-22-14-8-12-18-9-6-7-13-21(18)22/h6-7,9,13,17,19-20,22-24H,3-5,8,10-12,14-16,29H2,1-2H3,(H,30,35)(H,31,34)(H,37,38)/t17?,20-,22+,23-,24-/m0/s1.